The lowest BCUT2D eigenvalue weighted by Crippen LogP contribution is -2.15. The van der Waals surface area contributed by atoms with E-state index in [0.717, 1.165) is 38.0 Å². The van der Waals surface area contributed by atoms with Gasteiger partial charge in [-0.2, -0.15) is 0 Å². The molecule has 84 valence electrons. The van der Waals surface area contributed by atoms with Crippen LogP contribution in [-0.2, 0) is 6.54 Å². The first-order chi connectivity index (χ1) is 7.22. The molecule has 0 aliphatic rings. The van der Waals surface area contributed by atoms with Crippen molar-refractivity contribution in [2.24, 2.45) is 5.73 Å². The molecule has 0 heterocycles. The largest absolute Gasteiger partial charge is 0.330 e. The fraction of sp³-hybridized carbons (Fsp3) is 0.455. The second kappa shape index (κ2) is 7.07. The summed E-state index contributed by atoms with van der Waals surface area (Å²) in [5.74, 6) is 0. The van der Waals surface area contributed by atoms with Crippen molar-refractivity contribution in [3.8, 4) is 0 Å². The van der Waals surface area contributed by atoms with E-state index in [0.29, 0.717) is 10.0 Å². The van der Waals surface area contributed by atoms with Crippen LogP contribution in [0.4, 0.5) is 0 Å². The molecule has 0 unspecified atom stereocenters. The molecule has 0 radical (unpaired) electrons. The number of benzene rings is 1. The van der Waals surface area contributed by atoms with Crippen LogP contribution in [0.3, 0.4) is 0 Å². The Morgan fingerprint density at radius 3 is 2.33 bits per heavy atom. The molecule has 0 bridgehead atoms. The molecule has 0 fully saturated rings. The van der Waals surface area contributed by atoms with Crippen LogP contribution in [0.5, 0.6) is 0 Å². The molecule has 0 saturated carbocycles. The summed E-state index contributed by atoms with van der Waals surface area (Å²) in [5.41, 5.74) is 6.51. The molecule has 0 atom stereocenters. The summed E-state index contributed by atoms with van der Waals surface area (Å²) in [7, 11) is 0. The molecule has 0 spiro atoms. The number of halogens is 2. The first-order valence-electron chi connectivity index (χ1n) is 5.08. The zero-order chi connectivity index (χ0) is 11.1. The second-order valence-corrected chi connectivity index (χ2v) is 4.32. The van der Waals surface area contributed by atoms with Gasteiger partial charge in [0, 0.05) is 16.6 Å². The highest BCUT2D eigenvalue weighted by atomic mass is 35.5. The van der Waals surface area contributed by atoms with Gasteiger partial charge in [0.05, 0.1) is 0 Å². The van der Waals surface area contributed by atoms with E-state index in [9.17, 15) is 0 Å². The van der Waals surface area contributed by atoms with Crippen molar-refractivity contribution in [2.45, 2.75) is 19.4 Å². The highest BCUT2D eigenvalue weighted by molar-refractivity contribution is 6.34. The summed E-state index contributed by atoms with van der Waals surface area (Å²) >= 11 is 11.8. The average molecular weight is 247 g/mol. The van der Waals surface area contributed by atoms with Gasteiger partial charge in [-0.1, -0.05) is 23.2 Å². The van der Waals surface area contributed by atoms with Crippen LogP contribution in [0.2, 0.25) is 10.0 Å². The van der Waals surface area contributed by atoms with Crippen molar-refractivity contribution in [1.82, 2.24) is 5.32 Å². The summed E-state index contributed by atoms with van der Waals surface area (Å²) in [4.78, 5) is 0. The zero-order valence-electron chi connectivity index (χ0n) is 8.60. The topological polar surface area (TPSA) is 38.0 Å². The van der Waals surface area contributed by atoms with E-state index >= 15 is 0 Å². The highest BCUT2D eigenvalue weighted by Gasteiger charge is 1.97. The first-order valence-corrected chi connectivity index (χ1v) is 5.83. The maximum Gasteiger partial charge on any atom is 0.0424 e. The molecular formula is C11H16Cl2N2. The van der Waals surface area contributed by atoms with Crippen LogP contribution in [0.25, 0.3) is 0 Å². The van der Waals surface area contributed by atoms with E-state index in [1.165, 1.54) is 0 Å². The molecule has 0 saturated heterocycles. The lowest BCUT2D eigenvalue weighted by Gasteiger charge is -2.05. The minimum absolute atomic E-state index is 0.682. The number of nitrogens with two attached hydrogens (primary N) is 1. The quantitative estimate of drug-likeness (QED) is 0.758. The number of rotatable bonds is 6. The SMILES string of the molecule is NCCCCNCc1cc(Cl)cc(Cl)c1. The summed E-state index contributed by atoms with van der Waals surface area (Å²) in [6, 6.07) is 5.58. The standard InChI is InChI=1S/C11H16Cl2N2/c12-10-5-9(6-11(13)7-10)8-15-4-2-1-3-14/h5-7,15H,1-4,8,14H2. The summed E-state index contributed by atoms with van der Waals surface area (Å²) < 4.78 is 0. The summed E-state index contributed by atoms with van der Waals surface area (Å²) in [6.45, 7) is 2.52. The van der Waals surface area contributed by atoms with E-state index in [1.807, 2.05) is 12.1 Å². The Labute approximate surface area is 101 Å². The number of hydrogen-bond acceptors (Lipinski definition) is 2. The lowest BCUT2D eigenvalue weighted by molar-refractivity contribution is 0.627. The van der Waals surface area contributed by atoms with E-state index in [1.54, 1.807) is 6.07 Å². The molecule has 2 nitrogen and oxygen atoms in total. The Kier molecular flexibility index (Phi) is 6.03. The van der Waals surface area contributed by atoms with Crippen molar-refractivity contribution in [3.63, 3.8) is 0 Å². The third kappa shape index (κ3) is 5.38. The Hall–Kier alpha value is -0.280. The molecule has 0 aliphatic carbocycles. The van der Waals surface area contributed by atoms with Gasteiger partial charge in [-0.25, -0.2) is 0 Å². The predicted octanol–water partition coefficient (Wildman–Crippen LogP) is 2.82. The summed E-state index contributed by atoms with van der Waals surface area (Å²) in [5, 5.41) is 4.68. The van der Waals surface area contributed by atoms with Gasteiger partial charge in [0.1, 0.15) is 0 Å². The number of hydrogen-bond donors (Lipinski definition) is 2. The zero-order valence-corrected chi connectivity index (χ0v) is 10.1. The Bertz CT molecular complexity index is 282. The fourth-order valence-corrected chi connectivity index (χ4v) is 1.91. The van der Waals surface area contributed by atoms with E-state index in [-0.39, 0.29) is 0 Å². The van der Waals surface area contributed by atoms with Crippen LogP contribution < -0.4 is 11.1 Å². The maximum absolute atomic E-state index is 5.88. The van der Waals surface area contributed by atoms with Crippen molar-refractivity contribution in [1.29, 1.82) is 0 Å². The van der Waals surface area contributed by atoms with Crippen LogP contribution in [0.1, 0.15) is 18.4 Å². The number of nitrogens with one attached hydrogen (secondary N) is 1. The third-order valence-electron chi connectivity index (χ3n) is 2.06. The van der Waals surface area contributed by atoms with Gasteiger partial charge in [-0.3, -0.25) is 0 Å². The average Bonchev–Trinajstić information content (AvgIpc) is 2.16. The molecule has 15 heavy (non-hydrogen) atoms. The monoisotopic (exact) mass is 246 g/mol. The normalized spacial score (nSPS) is 10.6. The van der Waals surface area contributed by atoms with Crippen LogP contribution in [-0.4, -0.2) is 13.1 Å². The van der Waals surface area contributed by atoms with Crippen LogP contribution in [0.15, 0.2) is 18.2 Å². The van der Waals surface area contributed by atoms with Crippen molar-refractivity contribution in [3.05, 3.63) is 33.8 Å². The third-order valence-corrected chi connectivity index (χ3v) is 2.50. The highest BCUT2D eigenvalue weighted by Crippen LogP contribution is 2.18. The Balaban J connectivity index is 2.31. The molecule has 1 rings (SSSR count). The molecule has 0 amide bonds. The molecule has 0 aliphatic heterocycles. The van der Waals surface area contributed by atoms with Crippen molar-refractivity contribution >= 4 is 23.2 Å². The second-order valence-electron chi connectivity index (χ2n) is 3.45. The summed E-state index contributed by atoms with van der Waals surface area (Å²) in [6.07, 6.45) is 2.16. The molecule has 4 heteroatoms. The maximum atomic E-state index is 5.88. The van der Waals surface area contributed by atoms with E-state index in [4.69, 9.17) is 28.9 Å². The first kappa shape index (κ1) is 12.8. The predicted molar refractivity (Wildman–Crippen MR) is 66.5 cm³/mol. The van der Waals surface area contributed by atoms with Gasteiger partial charge in [0.15, 0.2) is 0 Å². The van der Waals surface area contributed by atoms with Crippen LogP contribution >= 0.6 is 23.2 Å². The van der Waals surface area contributed by atoms with Crippen molar-refractivity contribution in [2.75, 3.05) is 13.1 Å². The van der Waals surface area contributed by atoms with Gasteiger partial charge in [0.25, 0.3) is 0 Å². The van der Waals surface area contributed by atoms with Crippen molar-refractivity contribution < 1.29 is 0 Å². The van der Waals surface area contributed by atoms with Gasteiger partial charge in [0.2, 0.25) is 0 Å². The minimum Gasteiger partial charge on any atom is -0.330 e. The molecule has 3 N–H and O–H groups in total. The molecular weight excluding hydrogens is 231 g/mol. The fourth-order valence-electron chi connectivity index (χ4n) is 1.34. The molecule has 1 aromatic carbocycles. The smallest absolute Gasteiger partial charge is 0.0424 e. The Morgan fingerprint density at radius 1 is 1.07 bits per heavy atom. The van der Waals surface area contributed by atoms with E-state index in [2.05, 4.69) is 5.32 Å². The molecule has 0 aromatic heterocycles. The minimum atomic E-state index is 0.682. The number of unbranched alkanes of at least 4 members (excludes halogenated alkanes) is 1. The van der Waals surface area contributed by atoms with Gasteiger partial charge in [-0.15, -0.1) is 0 Å². The van der Waals surface area contributed by atoms with Gasteiger partial charge in [-0.05, 0) is 49.7 Å². The van der Waals surface area contributed by atoms with Gasteiger partial charge >= 0.3 is 0 Å². The van der Waals surface area contributed by atoms with Gasteiger partial charge < -0.3 is 11.1 Å². The Morgan fingerprint density at radius 2 is 1.73 bits per heavy atom. The lowest BCUT2D eigenvalue weighted by atomic mass is 10.2. The molecule has 1 aromatic rings. The van der Waals surface area contributed by atoms with Crippen LogP contribution in [0, 0.1) is 0 Å². The van der Waals surface area contributed by atoms with E-state index < -0.39 is 0 Å².